The van der Waals surface area contributed by atoms with Gasteiger partial charge in [-0.1, -0.05) is 6.07 Å². The van der Waals surface area contributed by atoms with Gasteiger partial charge in [-0.2, -0.15) is 0 Å². The second-order valence-corrected chi connectivity index (χ2v) is 4.38. The average molecular weight is 262 g/mol. The molecule has 4 nitrogen and oxygen atoms in total. The van der Waals surface area contributed by atoms with Crippen molar-refractivity contribution in [1.82, 2.24) is 0 Å². The van der Waals surface area contributed by atoms with Crippen LogP contribution >= 0.6 is 0 Å². The molecule has 0 bridgehead atoms. The molecule has 4 heteroatoms. The van der Waals surface area contributed by atoms with Gasteiger partial charge in [-0.3, -0.25) is 0 Å². The smallest absolute Gasteiger partial charge is 0.160 e. The highest BCUT2D eigenvalue weighted by molar-refractivity contribution is 5.43. The van der Waals surface area contributed by atoms with E-state index >= 15 is 0 Å². The Balaban J connectivity index is 2.02. The summed E-state index contributed by atoms with van der Waals surface area (Å²) in [5, 5.41) is 10.1. The number of methoxy groups -OCH3 is 2. The zero-order valence-electron chi connectivity index (χ0n) is 11.1. The summed E-state index contributed by atoms with van der Waals surface area (Å²) in [7, 11) is 3.20. The molecule has 1 aromatic heterocycles. The van der Waals surface area contributed by atoms with Crippen LogP contribution in [0.5, 0.6) is 11.5 Å². The molecule has 1 aromatic carbocycles. The predicted molar refractivity (Wildman–Crippen MR) is 71.7 cm³/mol. The Morgan fingerprint density at radius 1 is 1.05 bits per heavy atom. The van der Waals surface area contributed by atoms with Crippen LogP contribution in [0.25, 0.3) is 0 Å². The van der Waals surface area contributed by atoms with Crippen molar-refractivity contribution in [2.24, 2.45) is 0 Å². The topological polar surface area (TPSA) is 51.8 Å². The third-order valence-corrected chi connectivity index (χ3v) is 2.97. The molecule has 102 valence electrons. The van der Waals surface area contributed by atoms with Crippen molar-refractivity contribution in [3.05, 3.63) is 47.9 Å². The SMILES string of the molecule is COc1ccc(CC(O)Cc2ccoc2)cc1OC. The fourth-order valence-electron chi connectivity index (χ4n) is 2.03. The fourth-order valence-corrected chi connectivity index (χ4v) is 2.03. The van der Waals surface area contributed by atoms with Gasteiger partial charge < -0.3 is 19.0 Å². The molecule has 0 amide bonds. The van der Waals surface area contributed by atoms with Crippen LogP contribution in [-0.2, 0) is 12.8 Å². The van der Waals surface area contributed by atoms with Crippen molar-refractivity contribution in [1.29, 1.82) is 0 Å². The zero-order valence-corrected chi connectivity index (χ0v) is 11.1. The molecule has 1 heterocycles. The lowest BCUT2D eigenvalue weighted by atomic mass is 10.0. The summed E-state index contributed by atoms with van der Waals surface area (Å²) in [5.74, 6) is 1.37. The minimum atomic E-state index is -0.448. The van der Waals surface area contributed by atoms with Crippen LogP contribution in [0.4, 0.5) is 0 Å². The molecule has 0 radical (unpaired) electrons. The maximum Gasteiger partial charge on any atom is 0.160 e. The maximum absolute atomic E-state index is 10.1. The Bertz CT molecular complexity index is 505. The Kier molecular flexibility index (Phi) is 4.47. The van der Waals surface area contributed by atoms with Crippen LogP contribution in [0.1, 0.15) is 11.1 Å². The van der Waals surface area contributed by atoms with Gasteiger partial charge in [0.05, 0.1) is 32.8 Å². The van der Waals surface area contributed by atoms with Crippen LogP contribution in [0.15, 0.2) is 41.2 Å². The predicted octanol–water partition coefficient (Wildman–Crippen LogP) is 2.44. The minimum Gasteiger partial charge on any atom is -0.493 e. The van der Waals surface area contributed by atoms with Crippen LogP contribution in [0.2, 0.25) is 0 Å². The van der Waals surface area contributed by atoms with Gasteiger partial charge in [0.15, 0.2) is 11.5 Å². The molecule has 1 N–H and O–H groups in total. The number of rotatable bonds is 6. The van der Waals surface area contributed by atoms with Crippen molar-refractivity contribution in [2.75, 3.05) is 14.2 Å². The molecule has 0 aliphatic carbocycles. The molecule has 0 fully saturated rings. The number of benzene rings is 1. The van der Waals surface area contributed by atoms with Crippen molar-refractivity contribution in [3.63, 3.8) is 0 Å². The van der Waals surface area contributed by atoms with Gasteiger partial charge in [0.1, 0.15) is 0 Å². The van der Waals surface area contributed by atoms with Crippen LogP contribution < -0.4 is 9.47 Å². The van der Waals surface area contributed by atoms with E-state index in [0.29, 0.717) is 24.3 Å². The van der Waals surface area contributed by atoms with Crippen molar-refractivity contribution in [3.8, 4) is 11.5 Å². The van der Waals surface area contributed by atoms with Crippen molar-refractivity contribution < 1.29 is 19.0 Å². The van der Waals surface area contributed by atoms with Crippen molar-refractivity contribution >= 4 is 0 Å². The summed E-state index contributed by atoms with van der Waals surface area (Å²) in [5.41, 5.74) is 2.00. The minimum absolute atomic E-state index is 0.448. The first kappa shape index (κ1) is 13.5. The molecule has 0 saturated carbocycles. The van der Waals surface area contributed by atoms with Gasteiger partial charge in [0.25, 0.3) is 0 Å². The quantitative estimate of drug-likeness (QED) is 0.868. The molecule has 0 aliphatic rings. The van der Waals surface area contributed by atoms with Gasteiger partial charge in [-0.25, -0.2) is 0 Å². The van der Waals surface area contributed by atoms with E-state index in [4.69, 9.17) is 13.9 Å². The van der Waals surface area contributed by atoms with Crippen molar-refractivity contribution in [2.45, 2.75) is 18.9 Å². The fraction of sp³-hybridized carbons (Fsp3) is 0.333. The van der Waals surface area contributed by atoms with E-state index in [1.54, 1.807) is 26.7 Å². The first-order valence-electron chi connectivity index (χ1n) is 6.13. The lowest BCUT2D eigenvalue weighted by Crippen LogP contribution is -2.13. The van der Waals surface area contributed by atoms with E-state index in [1.165, 1.54) is 0 Å². The second kappa shape index (κ2) is 6.29. The molecule has 0 saturated heterocycles. The van der Waals surface area contributed by atoms with Gasteiger partial charge in [-0.05, 0) is 35.7 Å². The molecule has 1 atom stereocenters. The lowest BCUT2D eigenvalue weighted by Gasteiger charge is -2.12. The monoisotopic (exact) mass is 262 g/mol. The summed E-state index contributed by atoms with van der Waals surface area (Å²) >= 11 is 0. The summed E-state index contributed by atoms with van der Waals surface area (Å²) in [6.45, 7) is 0. The largest absolute Gasteiger partial charge is 0.493 e. The molecule has 2 aromatic rings. The molecule has 2 rings (SSSR count). The number of aliphatic hydroxyl groups excluding tert-OH is 1. The molecule has 19 heavy (non-hydrogen) atoms. The highest BCUT2D eigenvalue weighted by Crippen LogP contribution is 2.28. The van der Waals surface area contributed by atoms with Gasteiger partial charge in [0, 0.05) is 6.42 Å². The van der Waals surface area contributed by atoms with E-state index < -0.39 is 6.10 Å². The first-order valence-corrected chi connectivity index (χ1v) is 6.13. The highest BCUT2D eigenvalue weighted by atomic mass is 16.5. The van der Waals surface area contributed by atoms with Crippen LogP contribution in [0, 0.1) is 0 Å². The second-order valence-electron chi connectivity index (χ2n) is 4.38. The molecule has 0 spiro atoms. The normalized spacial score (nSPS) is 12.2. The Morgan fingerprint density at radius 2 is 1.79 bits per heavy atom. The summed E-state index contributed by atoms with van der Waals surface area (Å²) in [4.78, 5) is 0. The molecular weight excluding hydrogens is 244 g/mol. The van der Waals surface area contributed by atoms with E-state index in [2.05, 4.69) is 0 Å². The Morgan fingerprint density at radius 3 is 2.42 bits per heavy atom. The third-order valence-electron chi connectivity index (χ3n) is 2.97. The van der Waals surface area contributed by atoms with Gasteiger partial charge in [0.2, 0.25) is 0 Å². The Labute approximate surface area is 112 Å². The van der Waals surface area contributed by atoms with Crippen LogP contribution in [-0.4, -0.2) is 25.4 Å². The average Bonchev–Trinajstić information content (AvgIpc) is 2.91. The summed E-state index contributed by atoms with van der Waals surface area (Å²) < 4.78 is 15.4. The van der Waals surface area contributed by atoms with E-state index in [1.807, 2.05) is 24.3 Å². The van der Waals surface area contributed by atoms with E-state index in [9.17, 15) is 5.11 Å². The zero-order chi connectivity index (χ0) is 13.7. The van der Waals surface area contributed by atoms with E-state index in [-0.39, 0.29) is 0 Å². The van der Waals surface area contributed by atoms with E-state index in [0.717, 1.165) is 11.1 Å². The molecular formula is C15H18O4. The lowest BCUT2D eigenvalue weighted by molar-refractivity contribution is 0.175. The van der Waals surface area contributed by atoms with Crippen LogP contribution in [0.3, 0.4) is 0 Å². The highest BCUT2D eigenvalue weighted by Gasteiger charge is 2.10. The number of hydrogen-bond acceptors (Lipinski definition) is 4. The standard InChI is InChI=1S/C15H18O4/c1-17-14-4-3-11(9-15(14)18-2)7-13(16)8-12-5-6-19-10-12/h3-6,9-10,13,16H,7-8H2,1-2H3. The number of ether oxygens (including phenoxy) is 2. The van der Waals surface area contributed by atoms with Gasteiger partial charge >= 0.3 is 0 Å². The molecule has 0 aliphatic heterocycles. The molecule has 1 unspecified atom stereocenters. The third kappa shape index (κ3) is 3.51. The Hall–Kier alpha value is -1.94. The number of aliphatic hydroxyl groups is 1. The number of furan rings is 1. The summed E-state index contributed by atoms with van der Waals surface area (Å²) in [6.07, 6.45) is 3.95. The first-order chi connectivity index (χ1) is 9.22. The maximum atomic E-state index is 10.1. The summed E-state index contributed by atoms with van der Waals surface area (Å²) in [6, 6.07) is 7.52. The van der Waals surface area contributed by atoms with Gasteiger partial charge in [-0.15, -0.1) is 0 Å². The number of hydrogen-bond donors (Lipinski definition) is 1.